The first kappa shape index (κ1) is 21.5. The van der Waals surface area contributed by atoms with Gasteiger partial charge in [0, 0.05) is 38.7 Å². The Hall–Kier alpha value is -2.24. The van der Waals surface area contributed by atoms with E-state index in [1.54, 1.807) is 24.1 Å². The van der Waals surface area contributed by atoms with Crippen LogP contribution in [0.4, 0.5) is 4.79 Å². The van der Waals surface area contributed by atoms with Gasteiger partial charge in [-0.2, -0.15) is 0 Å². The van der Waals surface area contributed by atoms with Crippen LogP contribution in [0.15, 0.2) is 22.6 Å². The second-order valence-electron chi connectivity index (χ2n) is 9.55. The highest BCUT2D eigenvalue weighted by Crippen LogP contribution is 2.47. The highest BCUT2D eigenvalue weighted by molar-refractivity contribution is 5.91. The van der Waals surface area contributed by atoms with Crippen LogP contribution in [0.3, 0.4) is 0 Å². The van der Waals surface area contributed by atoms with Gasteiger partial charge in [-0.3, -0.25) is 4.79 Å². The van der Waals surface area contributed by atoms with Gasteiger partial charge in [-0.25, -0.2) is 4.79 Å². The predicted molar refractivity (Wildman–Crippen MR) is 112 cm³/mol. The van der Waals surface area contributed by atoms with Crippen LogP contribution in [0.5, 0.6) is 0 Å². The number of hydrogen-bond donors (Lipinski definition) is 0. The van der Waals surface area contributed by atoms with Gasteiger partial charge < -0.3 is 19.0 Å². The molecule has 160 valence electrons. The zero-order valence-electron chi connectivity index (χ0n) is 18.3. The number of likely N-dealkylation sites (tertiary alicyclic amines) is 1. The van der Waals surface area contributed by atoms with Crippen LogP contribution in [0.1, 0.15) is 64.4 Å². The summed E-state index contributed by atoms with van der Waals surface area (Å²) in [5.41, 5.74) is -0.506. The van der Waals surface area contributed by atoms with Crippen LogP contribution in [0.2, 0.25) is 0 Å². The van der Waals surface area contributed by atoms with E-state index in [1.807, 2.05) is 37.8 Å². The van der Waals surface area contributed by atoms with Crippen LogP contribution in [0, 0.1) is 11.8 Å². The Morgan fingerprint density at radius 2 is 2.07 bits per heavy atom. The third-order valence-electron chi connectivity index (χ3n) is 5.58. The molecule has 1 aliphatic carbocycles. The van der Waals surface area contributed by atoms with Gasteiger partial charge in [0.15, 0.2) is 0 Å². The topological polar surface area (TPSA) is 63.0 Å². The van der Waals surface area contributed by atoms with Crippen molar-refractivity contribution in [1.82, 2.24) is 9.80 Å². The van der Waals surface area contributed by atoms with E-state index in [2.05, 4.69) is 6.92 Å². The molecule has 2 heterocycles. The zero-order chi connectivity index (χ0) is 21.2. The fourth-order valence-electron chi connectivity index (χ4n) is 3.85. The average molecular weight is 403 g/mol. The number of carbonyl (C=O) groups excluding carboxylic acids is 2. The van der Waals surface area contributed by atoms with Gasteiger partial charge in [-0.05, 0) is 70.1 Å². The van der Waals surface area contributed by atoms with Gasteiger partial charge in [0.25, 0.3) is 0 Å². The number of hydrogen-bond acceptors (Lipinski definition) is 4. The van der Waals surface area contributed by atoms with Crippen molar-refractivity contribution in [2.75, 3.05) is 26.7 Å². The Morgan fingerprint density at radius 1 is 1.34 bits per heavy atom. The van der Waals surface area contributed by atoms with E-state index in [4.69, 9.17) is 9.15 Å². The van der Waals surface area contributed by atoms with Gasteiger partial charge in [-0.1, -0.05) is 6.92 Å². The first-order valence-electron chi connectivity index (χ1n) is 10.6. The van der Waals surface area contributed by atoms with Crippen LogP contribution >= 0.6 is 0 Å². The largest absolute Gasteiger partial charge is 0.461 e. The monoisotopic (exact) mass is 402 g/mol. The molecule has 1 aliphatic heterocycles. The summed E-state index contributed by atoms with van der Waals surface area (Å²) >= 11 is 0. The van der Waals surface area contributed by atoms with Crippen molar-refractivity contribution in [2.24, 2.45) is 11.8 Å². The molecule has 6 heteroatoms. The highest BCUT2D eigenvalue weighted by Gasteiger charge is 2.36. The Balaban J connectivity index is 1.50. The molecule has 3 unspecified atom stereocenters. The zero-order valence-corrected chi connectivity index (χ0v) is 18.3. The van der Waals surface area contributed by atoms with Crippen molar-refractivity contribution in [3.63, 3.8) is 0 Å². The summed E-state index contributed by atoms with van der Waals surface area (Å²) in [6.07, 6.45) is 6.16. The Labute approximate surface area is 173 Å². The van der Waals surface area contributed by atoms with E-state index < -0.39 is 5.60 Å². The number of carbonyl (C=O) groups is 2. The Morgan fingerprint density at radius 3 is 2.72 bits per heavy atom. The molecule has 6 nitrogen and oxygen atoms in total. The average Bonchev–Trinajstić information content (AvgIpc) is 3.18. The van der Waals surface area contributed by atoms with Crippen LogP contribution < -0.4 is 0 Å². The molecule has 0 bridgehead atoms. The summed E-state index contributed by atoms with van der Waals surface area (Å²) in [5, 5.41) is 0. The quantitative estimate of drug-likeness (QED) is 0.679. The van der Waals surface area contributed by atoms with Gasteiger partial charge in [0.05, 0.1) is 0 Å². The summed E-state index contributed by atoms with van der Waals surface area (Å²) in [6, 6.07) is 3.95. The van der Waals surface area contributed by atoms with E-state index >= 15 is 0 Å². The minimum absolute atomic E-state index is 0.00707. The molecule has 1 saturated carbocycles. The van der Waals surface area contributed by atoms with Crippen molar-refractivity contribution in [2.45, 2.75) is 58.5 Å². The lowest BCUT2D eigenvalue weighted by atomic mass is 9.97. The molecule has 2 amide bonds. The lowest BCUT2D eigenvalue weighted by Gasteiger charge is -2.34. The SMILES string of the molecule is CC1CC1c1ccc(/C=C/C(=O)N2CCCC(CN(C)C(=O)OC(C)(C)C)C2)o1. The highest BCUT2D eigenvalue weighted by atomic mass is 16.6. The number of piperidine rings is 1. The summed E-state index contributed by atoms with van der Waals surface area (Å²) < 4.78 is 11.3. The van der Waals surface area contributed by atoms with E-state index in [0.717, 1.165) is 30.9 Å². The van der Waals surface area contributed by atoms with Gasteiger partial charge in [0.1, 0.15) is 17.1 Å². The predicted octanol–water partition coefficient (Wildman–Crippen LogP) is 4.52. The maximum absolute atomic E-state index is 12.6. The van der Waals surface area contributed by atoms with Crippen LogP contribution in [0.25, 0.3) is 6.08 Å². The Kier molecular flexibility index (Phi) is 6.39. The van der Waals surface area contributed by atoms with Crippen LogP contribution in [-0.2, 0) is 9.53 Å². The summed E-state index contributed by atoms with van der Waals surface area (Å²) in [5.74, 6) is 3.23. The first-order chi connectivity index (χ1) is 13.6. The molecule has 29 heavy (non-hydrogen) atoms. The summed E-state index contributed by atoms with van der Waals surface area (Å²) in [7, 11) is 1.75. The molecule has 1 aromatic heterocycles. The fraction of sp³-hybridized carbons (Fsp3) is 0.652. The number of furan rings is 1. The number of nitrogens with zero attached hydrogens (tertiary/aromatic N) is 2. The molecule has 0 N–H and O–H groups in total. The van der Waals surface area contributed by atoms with E-state index in [9.17, 15) is 9.59 Å². The minimum Gasteiger partial charge on any atom is -0.461 e. The molecule has 1 aromatic rings. The lowest BCUT2D eigenvalue weighted by Crippen LogP contribution is -2.44. The van der Waals surface area contributed by atoms with Crippen LogP contribution in [-0.4, -0.2) is 54.1 Å². The van der Waals surface area contributed by atoms with Crippen molar-refractivity contribution >= 4 is 18.1 Å². The maximum Gasteiger partial charge on any atom is 0.410 e. The van der Waals surface area contributed by atoms with E-state index in [1.165, 1.54) is 6.42 Å². The smallest absolute Gasteiger partial charge is 0.410 e. The van der Waals surface area contributed by atoms with E-state index in [0.29, 0.717) is 24.9 Å². The second-order valence-corrected chi connectivity index (χ2v) is 9.55. The molecule has 1 saturated heterocycles. The molecule has 2 fully saturated rings. The third-order valence-corrected chi connectivity index (χ3v) is 5.58. The van der Waals surface area contributed by atoms with Crippen molar-refractivity contribution < 1.29 is 18.7 Å². The summed E-state index contributed by atoms with van der Waals surface area (Å²) in [6.45, 7) is 9.79. The maximum atomic E-state index is 12.6. The molecule has 0 aromatic carbocycles. The molecular weight excluding hydrogens is 368 g/mol. The van der Waals surface area contributed by atoms with Gasteiger partial charge in [0.2, 0.25) is 5.91 Å². The minimum atomic E-state index is -0.506. The molecule has 3 rings (SSSR count). The van der Waals surface area contributed by atoms with Crippen molar-refractivity contribution in [3.05, 3.63) is 29.7 Å². The van der Waals surface area contributed by atoms with Crippen molar-refractivity contribution in [1.29, 1.82) is 0 Å². The fourth-order valence-corrected chi connectivity index (χ4v) is 3.85. The van der Waals surface area contributed by atoms with Gasteiger partial charge in [-0.15, -0.1) is 0 Å². The summed E-state index contributed by atoms with van der Waals surface area (Å²) in [4.78, 5) is 28.3. The second kappa shape index (κ2) is 8.64. The third kappa shape index (κ3) is 6.12. The standard InChI is InChI=1S/C23H34N2O4/c1-16-13-19(16)20-10-8-18(28-20)9-11-21(26)25-12-6-7-17(15-25)14-24(5)22(27)29-23(2,3)4/h8-11,16-17,19H,6-7,12-15H2,1-5H3/b11-9+. The van der Waals surface area contributed by atoms with Crippen molar-refractivity contribution in [3.8, 4) is 0 Å². The molecule has 0 radical (unpaired) electrons. The normalized spacial score (nSPS) is 24.6. The number of amides is 2. The lowest BCUT2D eigenvalue weighted by molar-refractivity contribution is -0.127. The molecule has 3 atom stereocenters. The number of rotatable bonds is 5. The van der Waals surface area contributed by atoms with E-state index in [-0.39, 0.29) is 17.9 Å². The molecule has 0 spiro atoms. The van der Waals surface area contributed by atoms with Gasteiger partial charge >= 0.3 is 6.09 Å². The molecular formula is C23H34N2O4. The number of ether oxygens (including phenoxy) is 1. The molecule has 2 aliphatic rings. The Bertz CT molecular complexity index is 761. The first-order valence-corrected chi connectivity index (χ1v) is 10.6.